The second kappa shape index (κ2) is 9.07. The molecule has 3 heteroatoms. The molecule has 0 aromatic carbocycles. The lowest BCUT2D eigenvalue weighted by Gasteiger charge is -2.13. The predicted octanol–water partition coefficient (Wildman–Crippen LogP) is 4.13. The van der Waals surface area contributed by atoms with Crippen LogP contribution in [0.5, 0.6) is 0 Å². The second-order valence-corrected chi connectivity index (χ2v) is 3.68. The van der Waals surface area contributed by atoms with Crippen LogP contribution in [0.4, 0.5) is 4.79 Å². The average Bonchev–Trinajstić information content (AvgIpc) is 2.15. The smallest absolute Gasteiger partial charge is 0.403 e. The Morgan fingerprint density at radius 2 is 2.29 bits per heavy atom. The van der Waals surface area contributed by atoms with E-state index in [-0.39, 0.29) is 0 Å². The predicted molar refractivity (Wildman–Crippen MR) is 59.6 cm³/mol. The van der Waals surface area contributed by atoms with E-state index in [1.807, 2.05) is 6.08 Å². The van der Waals surface area contributed by atoms with E-state index in [1.165, 1.54) is 6.42 Å². The lowest BCUT2D eigenvalue weighted by Crippen LogP contribution is -2.05. The van der Waals surface area contributed by atoms with Gasteiger partial charge in [0, 0.05) is 11.6 Å². The number of hydrogen-bond acceptors (Lipinski definition) is 2. The van der Waals surface area contributed by atoms with Crippen LogP contribution >= 0.6 is 11.6 Å². The Labute approximate surface area is 91.3 Å². The van der Waals surface area contributed by atoms with Crippen molar-refractivity contribution in [3.05, 3.63) is 12.7 Å². The van der Waals surface area contributed by atoms with Crippen LogP contribution in [-0.4, -0.2) is 12.0 Å². The van der Waals surface area contributed by atoms with E-state index in [1.54, 1.807) is 0 Å². The van der Waals surface area contributed by atoms with Gasteiger partial charge in [0.05, 0.1) is 6.61 Å². The first-order valence-corrected chi connectivity index (χ1v) is 5.51. The molecule has 14 heavy (non-hydrogen) atoms. The minimum absolute atomic E-state index is 0.439. The molecular formula is C11H19ClO2. The van der Waals surface area contributed by atoms with Crippen LogP contribution < -0.4 is 0 Å². The fourth-order valence-electron chi connectivity index (χ4n) is 1.41. The molecule has 0 aliphatic rings. The van der Waals surface area contributed by atoms with E-state index in [0.29, 0.717) is 12.5 Å². The van der Waals surface area contributed by atoms with Crippen LogP contribution in [0, 0.1) is 5.92 Å². The van der Waals surface area contributed by atoms with Crippen molar-refractivity contribution in [2.45, 2.75) is 39.0 Å². The molecule has 0 saturated heterocycles. The third kappa shape index (κ3) is 8.11. The lowest BCUT2D eigenvalue weighted by molar-refractivity contribution is 0.162. The maximum Gasteiger partial charge on any atom is 0.403 e. The Bertz CT molecular complexity index is 169. The topological polar surface area (TPSA) is 26.3 Å². The molecule has 2 nitrogen and oxygen atoms in total. The minimum Gasteiger partial charge on any atom is -0.454 e. The quantitative estimate of drug-likeness (QED) is 0.348. The van der Waals surface area contributed by atoms with Crippen LogP contribution in [0.15, 0.2) is 12.7 Å². The van der Waals surface area contributed by atoms with Gasteiger partial charge in [0.15, 0.2) is 0 Å². The zero-order chi connectivity index (χ0) is 10.8. The molecule has 0 N–H and O–H groups in total. The number of ether oxygens (including phenoxy) is 1. The summed E-state index contributed by atoms with van der Waals surface area (Å²) in [5.41, 5.74) is -0.703. The molecule has 0 aromatic rings. The van der Waals surface area contributed by atoms with Gasteiger partial charge in [-0.25, -0.2) is 4.79 Å². The Morgan fingerprint density at radius 1 is 1.57 bits per heavy atom. The number of unbranched alkanes of at least 4 members (excludes halogenated alkanes) is 1. The molecule has 1 unspecified atom stereocenters. The molecule has 0 spiro atoms. The van der Waals surface area contributed by atoms with Crippen molar-refractivity contribution < 1.29 is 9.53 Å². The van der Waals surface area contributed by atoms with Gasteiger partial charge in [0.2, 0.25) is 0 Å². The molecule has 0 aliphatic heterocycles. The van der Waals surface area contributed by atoms with Gasteiger partial charge in [-0.2, -0.15) is 0 Å². The van der Waals surface area contributed by atoms with Crippen LogP contribution in [-0.2, 0) is 4.74 Å². The first-order chi connectivity index (χ1) is 6.70. The van der Waals surface area contributed by atoms with Crippen molar-refractivity contribution in [1.29, 1.82) is 0 Å². The zero-order valence-electron chi connectivity index (χ0n) is 8.80. The zero-order valence-corrected chi connectivity index (χ0v) is 9.55. The summed E-state index contributed by atoms with van der Waals surface area (Å²) in [6, 6.07) is 0. The highest BCUT2D eigenvalue weighted by atomic mass is 35.5. The average molecular weight is 219 g/mol. The normalized spacial score (nSPS) is 12.1. The van der Waals surface area contributed by atoms with Crippen LogP contribution in [0.1, 0.15) is 39.0 Å². The molecule has 1 atom stereocenters. The number of allylic oxidation sites excluding steroid dienone is 1. The van der Waals surface area contributed by atoms with Crippen molar-refractivity contribution in [3.63, 3.8) is 0 Å². The Hall–Kier alpha value is -0.500. The van der Waals surface area contributed by atoms with E-state index in [9.17, 15) is 4.79 Å². The Balaban J connectivity index is 3.47. The van der Waals surface area contributed by atoms with E-state index in [2.05, 4.69) is 18.2 Å². The highest BCUT2D eigenvalue weighted by Crippen LogP contribution is 2.16. The number of carbonyl (C=O) groups is 1. The fraction of sp³-hybridized carbons (Fsp3) is 0.727. The SMILES string of the molecule is C=CCCCC(CC)CCOC(=O)Cl. The molecule has 0 amide bonds. The van der Waals surface area contributed by atoms with Crippen molar-refractivity contribution >= 4 is 17.0 Å². The molecule has 0 fully saturated rings. The van der Waals surface area contributed by atoms with Gasteiger partial charge in [0.25, 0.3) is 0 Å². The molecule has 0 saturated carbocycles. The van der Waals surface area contributed by atoms with Gasteiger partial charge in [-0.1, -0.05) is 25.8 Å². The number of rotatable bonds is 8. The Kier molecular flexibility index (Phi) is 8.75. The molecule has 0 radical (unpaired) electrons. The molecule has 0 rings (SSSR count). The highest BCUT2D eigenvalue weighted by molar-refractivity contribution is 6.61. The summed E-state index contributed by atoms with van der Waals surface area (Å²) in [4.78, 5) is 10.3. The first kappa shape index (κ1) is 13.5. The summed E-state index contributed by atoms with van der Waals surface area (Å²) in [6.07, 6.45) is 7.36. The summed E-state index contributed by atoms with van der Waals surface area (Å²) in [6.45, 7) is 6.28. The van der Waals surface area contributed by atoms with Gasteiger partial charge in [-0.05, 0) is 25.2 Å². The van der Waals surface area contributed by atoms with Gasteiger partial charge in [-0.3, -0.25) is 0 Å². The Morgan fingerprint density at radius 3 is 2.79 bits per heavy atom. The summed E-state index contributed by atoms with van der Waals surface area (Å²) < 4.78 is 4.69. The molecule has 0 aromatic heterocycles. The van der Waals surface area contributed by atoms with E-state index in [4.69, 9.17) is 11.6 Å². The monoisotopic (exact) mass is 218 g/mol. The molecule has 0 aliphatic carbocycles. The molecular weight excluding hydrogens is 200 g/mol. The molecule has 0 bridgehead atoms. The largest absolute Gasteiger partial charge is 0.454 e. The van der Waals surface area contributed by atoms with Gasteiger partial charge in [-0.15, -0.1) is 6.58 Å². The standard InChI is InChI=1S/C11H19ClO2/c1-3-5-6-7-10(4-2)8-9-14-11(12)13/h3,10H,1,4-9H2,2H3. The first-order valence-electron chi connectivity index (χ1n) is 5.13. The van der Waals surface area contributed by atoms with Crippen LogP contribution in [0.25, 0.3) is 0 Å². The third-order valence-electron chi connectivity index (χ3n) is 2.34. The van der Waals surface area contributed by atoms with Crippen LogP contribution in [0.2, 0.25) is 0 Å². The lowest BCUT2D eigenvalue weighted by atomic mass is 9.96. The maximum absolute atomic E-state index is 10.3. The fourth-order valence-corrected chi connectivity index (χ4v) is 1.49. The molecule has 0 heterocycles. The summed E-state index contributed by atoms with van der Waals surface area (Å²) in [5.74, 6) is 0.631. The van der Waals surface area contributed by atoms with E-state index in [0.717, 1.165) is 25.7 Å². The van der Waals surface area contributed by atoms with Crippen molar-refractivity contribution in [2.75, 3.05) is 6.61 Å². The van der Waals surface area contributed by atoms with Gasteiger partial charge >= 0.3 is 5.43 Å². The van der Waals surface area contributed by atoms with E-state index < -0.39 is 5.43 Å². The maximum atomic E-state index is 10.3. The molecule has 82 valence electrons. The summed E-state index contributed by atoms with van der Waals surface area (Å²) in [5, 5.41) is 0. The number of carbonyl (C=O) groups excluding carboxylic acids is 1. The third-order valence-corrected chi connectivity index (χ3v) is 2.45. The van der Waals surface area contributed by atoms with E-state index >= 15 is 0 Å². The van der Waals surface area contributed by atoms with Gasteiger partial charge < -0.3 is 4.74 Å². The minimum atomic E-state index is -0.703. The number of halogens is 1. The van der Waals surface area contributed by atoms with Crippen molar-refractivity contribution in [3.8, 4) is 0 Å². The summed E-state index contributed by atoms with van der Waals surface area (Å²) >= 11 is 5.06. The highest BCUT2D eigenvalue weighted by Gasteiger charge is 2.06. The van der Waals surface area contributed by atoms with Gasteiger partial charge in [0.1, 0.15) is 0 Å². The second-order valence-electron chi connectivity index (χ2n) is 3.37. The van der Waals surface area contributed by atoms with Crippen LogP contribution in [0.3, 0.4) is 0 Å². The van der Waals surface area contributed by atoms with Crippen molar-refractivity contribution in [2.24, 2.45) is 5.92 Å². The summed E-state index contributed by atoms with van der Waals surface area (Å²) in [7, 11) is 0. The van der Waals surface area contributed by atoms with Crippen molar-refractivity contribution in [1.82, 2.24) is 0 Å². The number of hydrogen-bond donors (Lipinski definition) is 0.